The van der Waals surface area contributed by atoms with Crippen LogP contribution < -0.4 is 5.11 Å². The number of carboxylic acids is 1. The molecule has 0 aromatic rings. The Morgan fingerprint density at radius 2 is 2.12 bits per heavy atom. The highest BCUT2D eigenvalue weighted by molar-refractivity contribution is 5.73. The molecule has 1 saturated heterocycles. The first-order valence-electron chi connectivity index (χ1n) is 4.58. The molecule has 0 spiro atoms. The SMILES string of the molecule is O=C([O-])[C@]1(O)CC(O)C(O)[C@@H](C(O)CO)O1. The lowest BCUT2D eigenvalue weighted by atomic mass is 9.93. The van der Waals surface area contributed by atoms with Crippen LogP contribution >= 0.6 is 0 Å². The van der Waals surface area contributed by atoms with Gasteiger partial charge in [0.05, 0.1) is 12.7 Å². The third-order valence-electron chi connectivity index (χ3n) is 2.43. The van der Waals surface area contributed by atoms with Crippen molar-refractivity contribution >= 4 is 5.97 Å². The number of carboxylic acid groups (broad SMARTS) is 1. The number of hydrogen-bond donors (Lipinski definition) is 5. The van der Waals surface area contributed by atoms with E-state index in [9.17, 15) is 30.3 Å². The highest BCUT2D eigenvalue weighted by atomic mass is 16.7. The number of aliphatic hydroxyl groups is 5. The third-order valence-corrected chi connectivity index (χ3v) is 2.43. The Morgan fingerprint density at radius 3 is 2.56 bits per heavy atom. The lowest BCUT2D eigenvalue weighted by molar-refractivity contribution is -0.378. The number of hydrogen-bond acceptors (Lipinski definition) is 8. The van der Waals surface area contributed by atoms with Crippen LogP contribution in [0.5, 0.6) is 0 Å². The van der Waals surface area contributed by atoms with Crippen molar-refractivity contribution in [3.63, 3.8) is 0 Å². The van der Waals surface area contributed by atoms with Crippen LogP contribution in [0.1, 0.15) is 6.42 Å². The zero-order chi connectivity index (χ0) is 12.5. The Kier molecular flexibility index (Phi) is 3.84. The summed E-state index contributed by atoms with van der Waals surface area (Å²) in [6.45, 7) is -0.822. The van der Waals surface area contributed by atoms with Gasteiger partial charge in [-0.05, 0) is 0 Å². The molecule has 5 atom stereocenters. The van der Waals surface area contributed by atoms with Crippen molar-refractivity contribution in [2.75, 3.05) is 6.61 Å². The topological polar surface area (TPSA) is 151 Å². The van der Waals surface area contributed by atoms with E-state index < -0.39 is 49.2 Å². The van der Waals surface area contributed by atoms with Gasteiger partial charge in [0.15, 0.2) is 0 Å². The molecular weight excluding hydrogens is 224 g/mol. The summed E-state index contributed by atoms with van der Waals surface area (Å²) in [7, 11) is 0. The number of ether oxygens (including phenoxy) is 1. The average Bonchev–Trinajstić information content (AvgIpc) is 2.22. The molecule has 3 unspecified atom stereocenters. The van der Waals surface area contributed by atoms with Gasteiger partial charge in [0.25, 0.3) is 0 Å². The Hall–Kier alpha value is -0.770. The summed E-state index contributed by atoms with van der Waals surface area (Å²) in [5.41, 5.74) is 0. The van der Waals surface area contributed by atoms with E-state index in [0.29, 0.717) is 0 Å². The maximum atomic E-state index is 10.6. The maximum Gasteiger partial charge on any atom is 0.210 e. The molecule has 1 aliphatic rings. The van der Waals surface area contributed by atoms with E-state index in [1.807, 2.05) is 0 Å². The molecule has 1 rings (SSSR count). The van der Waals surface area contributed by atoms with Gasteiger partial charge in [0, 0.05) is 6.42 Å². The molecule has 0 aromatic heterocycles. The highest BCUT2D eigenvalue weighted by Gasteiger charge is 2.48. The van der Waals surface area contributed by atoms with Crippen LogP contribution in [0.25, 0.3) is 0 Å². The van der Waals surface area contributed by atoms with Crippen LogP contribution in [0.4, 0.5) is 0 Å². The molecule has 5 N–H and O–H groups in total. The summed E-state index contributed by atoms with van der Waals surface area (Å²) < 4.78 is 4.54. The van der Waals surface area contributed by atoms with Crippen molar-refractivity contribution in [1.82, 2.24) is 0 Å². The summed E-state index contributed by atoms with van der Waals surface area (Å²) in [5.74, 6) is -4.78. The zero-order valence-corrected chi connectivity index (χ0v) is 8.18. The van der Waals surface area contributed by atoms with Gasteiger partial charge in [-0.1, -0.05) is 0 Å². The lowest BCUT2D eigenvalue weighted by Gasteiger charge is -2.43. The van der Waals surface area contributed by atoms with Crippen LogP contribution in [0, 0.1) is 0 Å². The minimum atomic E-state index is -2.79. The number of carbonyl (C=O) groups is 1. The van der Waals surface area contributed by atoms with E-state index in [1.54, 1.807) is 0 Å². The van der Waals surface area contributed by atoms with Crippen LogP contribution in [-0.4, -0.2) is 68.3 Å². The van der Waals surface area contributed by atoms with Gasteiger partial charge >= 0.3 is 0 Å². The van der Waals surface area contributed by atoms with E-state index in [0.717, 1.165) is 0 Å². The fourth-order valence-electron chi connectivity index (χ4n) is 1.51. The van der Waals surface area contributed by atoms with Crippen LogP contribution in [0.3, 0.4) is 0 Å². The van der Waals surface area contributed by atoms with E-state index >= 15 is 0 Å². The van der Waals surface area contributed by atoms with Gasteiger partial charge in [-0.25, -0.2) is 0 Å². The molecule has 8 heteroatoms. The fourth-order valence-corrected chi connectivity index (χ4v) is 1.51. The number of rotatable bonds is 3. The summed E-state index contributed by atoms with van der Waals surface area (Å²) in [5, 5.41) is 56.5. The van der Waals surface area contributed by atoms with Gasteiger partial charge in [-0.15, -0.1) is 0 Å². The molecule has 0 bridgehead atoms. The molecule has 8 nitrogen and oxygen atoms in total. The van der Waals surface area contributed by atoms with Crippen molar-refractivity contribution in [3.8, 4) is 0 Å². The maximum absolute atomic E-state index is 10.6. The molecule has 1 aliphatic heterocycles. The average molecular weight is 237 g/mol. The summed E-state index contributed by atoms with van der Waals surface area (Å²) in [6.07, 6.45) is -7.25. The quantitative estimate of drug-likeness (QED) is 0.328. The van der Waals surface area contributed by atoms with Crippen molar-refractivity contribution < 1.29 is 40.2 Å². The predicted molar refractivity (Wildman–Crippen MR) is 44.6 cm³/mol. The second kappa shape index (κ2) is 4.62. The van der Waals surface area contributed by atoms with E-state index in [4.69, 9.17) is 5.11 Å². The highest BCUT2D eigenvalue weighted by Crippen LogP contribution is 2.28. The normalized spacial score (nSPS) is 41.7. The van der Waals surface area contributed by atoms with Crippen molar-refractivity contribution in [3.05, 3.63) is 0 Å². The third kappa shape index (κ3) is 2.32. The molecule has 0 aliphatic carbocycles. The second-order valence-corrected chi connectivity index (χ2v) is 3.67. The Bertz CT molecular complexity index is 269. The number of aliphatic hydroxyl groups excluding tert-OH is 4. The molecule has 94 valence electrons. The van der Waals surface area contributed by atoms with Crippen LogP contribution in [-0.2, 0) is 9.53 Å². The molecule has 0 saturated carbocycles. The van der Waals surface area contributed by atoms with E-state index in [-0.39, 0.29) is 0 Å². The summed E-state index contributed by atoms with van der Waals surface area (Å²) in [6, 6.07) is 0. The van der Waals surface area contributed by atoms with E-state index in [2.05, 4.69) is 4.74 Å². The molecule has 1 fully saturated rings. The first-order chi connectivity index (χ1) is 7.31. The van der Waals surface area contributed by atoms with Crippen LogP contribution in [0.15, 0.2) is 0 Å². The van der Waals surface area contributed by atoms with Crippen molar-refractivity contribution in [1.29, 1.82) is 0 Å². The van der Waals surface area contributed by atoms with Gasteiger partial charge in [0.2, 0.25) is 5.79 Å². The smallest absolute Gasteiger partial charge is 0.210 e. The first-order valence-corrected chi connectivity index (χ1v) is 4.58. The first kappa shape index (κ1) is 13.3. The second-order valence-electron chi connectivity index (χ2n) is 3.67. The Balaban J connectivity index is 2.89. The van der Waals surface area contributed by atoms with Crippen molar-refractivity contribution in [2.24, 2.45) is 0 Å². The van der Waals surface area contributed by atoms with Gasteiger partial charge in [-0.2, -0.15) is 0 Å². The minimum absolute atomic E-state index is 0.787. The van der Waals surface area contributed by atoms with Crippen LogP contribution in [0.2, 0.25) is 0 Å². The Labute approximate surface area is 90.3 Å². The molecule has 1 heterocycles. The summed E-state index contributed by atoms with van der Waals surface area (Å²) in [4.78, 5) is 10.6. The fraction of sp³-hybridized carbons (Fsp3) is 0.875. The summed E-state index contributed by atoms with van der Waals surface area (Å²) >= 11 is 0. The standard InChI is InChI=1S/C8H14O8/c9-2-4(11)6-5(12)3(10)1-8(15,16-6)7(13)14/h3-6,9-12,15H,1-2H2,(H,13,14)/p-1/t3?,4?,5?,6-,8+/m1/s1. The molecule has 16 heavy (non-hydrogen) atoms. The van der Waals surface area contributed by atoms with Gasteiger partial charge < -0.3 is 40.2 Å². The lowest BCUT2D eigenvalue weighted by Crippen LogP contribution is -2.64. The molecule has 0 radical (unpaired) electrons. The largest absolute Gasteiger partial charge is 0.544 e. The minimum Gasteiger partial charge on any atom is -0.544 e. The predicted octanol–water partition coefficient (Wildman–Crippen LogP) is -4.71. The number of carbonyl (C=O) groups excluding carboxylic acids is 1. The molecule has 0 amide bonds. The van der Waals surface area contributed by atoms with Gasteiger partial charge in [-0.3, -0.25) is 0 Å². The van der Waals surface area contributed by atoms with Crippen molar-refractivity contribution in [2.45, 2.75) is 36.6 Å². The molecular formula is C8H13O8-. The van der Waals surface area contributed by atoms with Gasteiger partial charge in [0.1, 0.15) is 24.3 Å². The van der Waals surface area contributed by atoms with E-state index in [1.165, 1.54) is 0 Å². The molecule has 0 aromatic carbocycles. The monoisotopic (exact) mass is 237 g/mol. The Morgan fingerprint density at radius 1 is 1.56 bits per heavy atom. The number of aliphatic carboxylic acids is 1. The zero-order valence-electron chi connectivity index (χ0n) is 8.18.